The van der Waals surface area contributed by atoms with Crippen LogP contribution in [0.3, 0.4) is 0 Å². The van der Waals surface area contributed by atoms with Gasteiger partial charge in [0.2, 0.25) is 0 Å². The first-order chi connectivity index (χ1) is 13.0. The van der Waals surface area contributed by atoms with Crippen LogP contribution in [0.25, 0.3) is 6.08 Å². The summed E-state index contributed by atoms with van der Waals surface area (Å²) in [5.74, 6) is -0.802. The van der Waals surface area contributed by atoms with Crippen LogP contribution in [0.5, 0.6) is 0 Å². The highest BCUT2D eigenvalue weighted by Gasteiger charge is 2.16. The standard InChI is InChI=1S/C21H17BrN2O3/c1-14-4-10-17(11-5-14)23-20(25)18(13-15-6-8-16(22)9-7-15)24-21(26)19-3-2-12-27-19/h2-13H,1H3,(H,23,25)(H,24,26)/b18-13+. The molecule has 136 valence electrons. The lowest BCUT2D eigenvalue weighted by Crippen LogP contribution is -2.30. The molecule has 0 aliphatic heterocycles. The van der Waals surface area contributed by atoms with E-state index >= 15 is 0 Å². The van der Waals surface area contributed by atoms with Crippen LogP contribution < -0.4 is 10.6 Å². The van der Waals surface area contributed by atoms with Crippen molar-refractivity contribution in [3.05, 3.63) is 94.0 Å². The van der Waals surface area contributed by atoms with Gasteiger partial charge >= 0.3 is 0 Å². The SMILES string of the molecule is Cc1ccc(NC(=O)/C(=C\c2ccc(Br)cc2)NC(=O)c2ccco2)cc1. The number of amides is 2. The monoisotopic (exact) mass is 424 g/mol. The molecule has 2 amide bonds. The number of halogens is 1. The molecule has 3 aromatic rings. The van der Waals surface area contributed by atoms with Gasteiger partial charge in [-0.15, -0.1) is 0 Å². The molecule has 2 N–H and O–H groups in total. The van der Waals surface area contributed by atoms with Crippen LogP contribution in [-0.4, -0.2) is 11.8 Å². The summed E-state index contributed by atoms with van der Waals surface area (Å²) in [7, 11) is 0. The highest BCUT2D eigenvalue weighted by atomic mass is 79.9. The van der Waals surface area contributed by atoms with Gasteiger partial charge in [-0.05, 0) is 55.0 Å². The fourth-order valence-corrected chi connectivity index (χ4v) is 2.58. The minimum Gasteiger partial charge on any atom is -0.459 e. The van der Waals surface area contributed by atoms with E-state index in [2.05, 4.69) is 26.6 Å². The second-order valence-corrected chi connectivity index (χ2v) is 6.78. The third-order valence-corrected chi connectivity index (χ3v) is 4.26. The average Bonchev–Trinajstić information content (AvgIpc) is 3.19. The van der Waals surface area contributed by atoms with Gasteiger partial charge in [0, 0.05) is 10.2 Å². The van der Waals surface area contributed by atoms with Crippen molar-refractivity contribution in [2.24, 2.45) is 0 Å². The van der Waals surface area contributed by atoms with E-state index in [1.54, 1.807) is 24.3 Å². The first kappa shape index (κ1) is 18.7. The lowest BCUT2D eigenvalue weighted by molar-refractivity contribution is -0.113. The van der Waals surface area contributed by atoms with Crippen molar-refractivity contribution < 1.29 is 14.0 Å². The smallest absolute Gasteiger partial charge is 0.291 e. The van der Waals surface area contributed by atoms with Crippen molar-refractivity contribution in [1.29, 1.82) is 0 Å². The molecule has 0 radical (unpaired) electrons. The predicted molar refractivity (Wildman–Crippen MR) is 108 cm³/mol. The maximum atomic E-state index is 12.7. The first-order valence-electron chi connectivity index (χ1n) is 8.21. The van der Waals surface area contributed by atoms with Crippen molar-refractivity contribution in [2.45, 2.75) is 6.92 Å². The van der Waals surface area contributed by atoms with Crippen molar-refractivity contribution in [1.82, 2.24) is 5.32 Å². The van der Waals surface area contributed by atoms with Gasteiger partial charge in [-0.2, -0.15) is 0 Å². The molecule has 3 rings (SSSR count). The molecule has 0 aliphatic rings. The van der Waals surface area contributed by atoms with Gasteiger partial charge in [-0.1, -0.05) is 45.8 Å². The summed E-state index contributed by atoms with van der Waals surface area (Å²) in [5.41, 5.74) is 2.61. The lowest BCUT2D eigenvalue weighted by atomic mass is 10.1. The molecule has 0 unspecified atom stereocenters. The molecule has 6 heteroatoms. The molecule has 2 aromatic carbocycles. The number of benzene rings is 2. The van der Waals surface area contributed by atoms with Gasteiger partial charge in [0.15, 0.2) is 5.76 Å². The third-order valence-electron chi connectivity index (χ3n) is 3.73. The van der Waals surface area contributed by atoms with E-state index in [-0.39, 0.29) is 11.5 Å². The quantitative estimate of drug-likeness (QED) is 0.579. The normalized spacial score (nSPS) is 11.1. The number of carbonyl (C=O) groups is 2. The van der Waals surface area contributed by atoms with E-state index in [4.69, 9.17) is 4.42 Å². The lowest BCUT2D eigenvalue weighted by Gasteiger charge is -2.11. The van der Waals surface area contributed by atoms with Gasteiger partial charge in [-0.3, -0.25) is 9.59 Å². The fraction of sp³-hybridized carbons (Fsp3) is 0.0476. The van der Waals surface area contributed by atoms with Crippen LogP contribution in [0.2, 0.25) is 0 Å². The molecule has 0 aliphatic carbocycles. The van der Waals surface area contributed by atoms with E-state index in [0.29, 0.717) is 5.69 Å². The third kappa shape index (κ3) is 5.18. The van der Waals surface area contributed by atoms with E-state index in [0.717, 1.165) is 15.6 Å². The number of furan rings is 1. The number of aryl methyl sites for hydroxylation is 1. The van der Waals surface area contributed by atoms with Gasteiger partial charge < -0.3 is 15.1 Å². The number of anilines is 1. The second kappa shape index (κ2) is 8.51. The summed E-state index contributed by atoms with van der Waals surface area (Å²) >= 11 is 3.37. The molecule has 0 saturated heterocycles. The first-order valence-corrected chi connectivity index (χ1v) is 9.01. The molecular formula is C21H17BrN2O3. The maximum Gasteiger partial charge on any atom is 0.291 e. The molecule has 0 fully saturated rings. The maximum absolute atomic E-state index is 12.7. The molecule has 0 bridgehead atoms. The summed E-state index contributed by atoms with van der Waals surface area (Å²) in [5, 5.41) is 5.41. The molecule has 1 aromatic heterocycles. The van der Waals surface area contributed by atoms with Gasteiger partial charge in [0.1, 0.15) is 5.70 Å². The summed E-state index contributed by atoms with van der Waals surface area (Å²) in [6, 6.07) is 17.9. The van der Waals surface area contributed by atoms with Crippen molar-refractivity contribution in [3.63, 3.8) is 0 Å². The van der Waals surface area contributed by atoms with Gasteiger partial charge in [-0.25, -0.2) is 0 Å². The Morgan fingerprint density at radius 2 is 1.70 bits per heavy atom. The number of hydrogen-bond donors (Lipinski definition) is 2. The topological polar surface area (TPSA) is 71.3 Å². The second-order valence-electron chi connectivity index (χ2n) is 5.86. The van der Waals surface area contributed by atoms with Crippen LogP contribution in [-0.2, 0) is 4.79 Å². The minimum atomic E-state index is -0.498. The number of hydrogen-bond acceptors (Lipinski definition) is 3. The largest absolute Gasteiger partial charge is 0.459 e. The van der Waals surface area contributed by atoms with Crippen molar-refractivity contribution >= 4 is 39.5 Å². The Bertz CT molecular complexity index is 960. The van der Waals surface area contributed by atoms with E-state index in [1.807, 2.05) is 43.3 Å². The highest BCUT2D eigenvalue weighted by molar-refractivity contribution is 9.10. The van der Waals surface area contributed by atoms with E-state index < -0.39 is 11.8 Å². The Morgan fingerprint density at radius 1 is 1.00 bits per heavy atom. The molecule has 27 heavy (non-hydrogen) atoms. The molecule has 0 saturated carbocycles. The summed E-state index contributed by atoms with van der Waals surface area (Å²) in [4.78, 5) is 25.1. The molecule has 1 heterocycles. The Balaban J connectivity index is 1.85. The van der Waals surface area contributed by atoms with Crippen LogP contribution >= 0.6 is 15.9 Å². The van der Waals surface area contributed by atoms with E-state index in [9.17, 15) is 9.59 Å². The number of nitrogens with one attached hydrogen (secondary N) is 2. The van der Waals surface area contributed by atoms with Crippen molar-refractivity contribution in [3.8, 4) is 0 Å². The fourth-order valence-electron chi connectivity index (χ4n) is 2.31. The van der Waals surface area contributed by atoms with Gasteiger partial charge in [0.05, 0.1) is 6.26 Å². The van der Waals surface area contributed by atoms with Crippen molar-refractivity contribution in [2.75, 3.05) is 5.32 Å². The number of carbonyl (C=O) groups excluding carboxylic acids is 2. The highest BCUT2D eigenvalue weighted by Crippen LogP contribution is 2.15. The van der Waals surface area contributed by atoms with Crippen LogP contribution in [0.4, 0.5) is 5.69 Å². The molecule has 0 spiro atoms. The minimum absolute atomic E-state index is 0.110. The Labute approximate surface area is 165 Å². The van der Waals surface area contributed by atoms with E-state index in [1.165, 1.54) is 12.3 Å². The Morgan fingerprint density at radius 3 is 2.33 bits per heavy atom. The zero-order valence-corrected chi connectivity index (χ0v) is 16.1. The zero-order chi connectivity index (χ0) is 19.2. The zero-order valence-electron chi connectivity index (χ0n) is 14.5. The van der Waals surface area contributed by atoms with Crippen LogP contribution in [0, 0.1) is 6.92 Å². The van der Waals surface area contributed by atoms with Crippen LogP contribution in [0.1, 0.15) is 21.7 Å². The summed E-state index contributed by atoms with van der Waals surface area (Å²) in [6.45, 7) is 1.97. The Kier molecular flexibility index (Phi) is 5.88. The summed E-state index contributed by atoms with van der Waals surface area (Å²) in [6.07, 6.45) is 3.01. The Hall–Kier alpha value is -3.12. The summed E-state index contributed by atoms with van der Waals surface area (Å²) < 4.78 is 6.02. The predicted octanol–water partition coefficient (Wildman–Crippen LogP) is 4.76. The molecular weight excluding hydrogens is 408 g/mol. The molecule has 5 nitrogen and oxygen atoms in total. The average molecular weight is 425 g/mol. The van der Waals surface area contributed by atoms with Crippen LogP contribution in [0.15, 0.2) is 81.5 Å². The number of rotatable bonds is 5. The van der Waals surface area contributed by atoms with Gasteiger partial charge in [0.25, 0.3) is 11.8 Å². The molecule has 0 atom stereocenters.